The van der Waals surface area contributed by atoms with Gasteiger partial charge in [0.15, 0.2) is 5.96 Å². The van der Waals surface area contributed by atoms with E-state index in [0.29, 0.717) is 29.8 Å². The molecule has 1 aromatic rings. The van der Waals surface area contributed by atoms with E-state index in [0.717, 1.165) is 51.4 Å². The third-order valence-corrected chi connectivity index (χ3v) is 4.29. The molecule has 1 aliphatic rings. The van der Waals surface area contributed by atoms with Gasteiger partial charge in [-0.15, -0.1) is 24.0 Å². The van der Waals surface area contributed by atoms with Gasteiger partial charge in [-0.2, -0.15) is 0 Å². The molecule has 1 saturated heterocycles. The van der Waals surface area contributed by atoms with Crippen molar-refractivity contribution in [2.24, 2.45) is 10.7 Å². The number of nitrogens with two attached hydrogens (primary N) is 1. The molecule has 1 aliphatic heterocycles. The van der Waals surface area contributed by atoms with Gasteiger partial charge in [-0.1, -0.05) is 0 Å². The third-order valence-electron chi connectivity index (χ3n) is 4.29. The maximum Gasteiger partial charge on any atom is 0.188 e. The number of halogens is 1. The summed E-state index contributed by atoms with van der Waals surface area (Å²) in [4.78, 5) is 6.79. The van der Waals surface area contributed by atoms with Crippen LogP contribution in [0.25, 0.3) is 0 Å². The average molecular weight is 494 g/mol. The summed E-state index contributed by atoms with van der Waals surface area (Å²) in [5, 5.41) is 3.15. The van der Waals surface area contributed by atoms with Crippen LogP contribution in [0, 0.1) is 0 Å². The van der Waals surface area contributed by atoms with Crippen molar-refractivity contribution in [3.8, 4) is 17.2 Å². The normalized spacial score (nSPS) is 15.0. The average Bonchev–Trinajstić information content (AvgIpc) is 2.69. The molecule has 0 unspecified atom stereocenters. The van der Waals surface area contributed by atoms with E-state index in [1.165, 1.54) is 0 Å². The molecule has 9 heteroatoms. The second-order valence-electron chi connectivity index (χ2n) is 5.95. The van der Waals surface area contributed by atoms with Crippen LogP contribution in [-0.4, -0.2) is 71.6 Å². The highest BCUT2D eigenvalue weighted by Crippen LogP contribution is 2.34. The van der Waals surface area contributed by atoms with E-state index < -0.39 is 0 Å². The summed E-state index contributed by atoms with van der Waals surface area (Å²) in [5.41, 5.74) is 6.81. The van der Waals surface area contributed by atoms with Gasteiger partial charge >= 0.3 is 0 Å². The Hall–Kier alpha value is -1.46. The monoisotopic (exact) mass is 494 g/mol. The lowest BCUT2D eigenvalue weighted by Crippen LogP contribution is -2.39. The molecule has 0 amide bonds. The van der Waals surface area contributed by atoms with Gasteiger partial charge in [-0.25, -0.2) is 4.99 Å². The Labute approximate surface area is 178 Å². The van der Waals surface area contributed by atoms with Crippen LogP contribution < -0.4 is 25.3 Å². The molecular weight excluding hydrogens is 463 g/mol. The second kappa shape index (κ2) is 12.8. The highest BCUT2D eigenvalue weighted by Gasteiger charge is 2.13. The standard InChI is InChI=1S/C18H30N4O4.HI/c1-23-14-11-16(24-2)15(17(12-14)25-3)13-21-18(19)20-5-4-6-22-7-9-26-10-8-22;/h11-12H,4-10,13H2,1-3H3,(H3,19,20,21);1H. The molecule has 0 spiro atoms. The maximum absolute atomic E-state index is 5.98. The van der Waals surface area contributed by atoms with Crippen LogP contribution in [0.1, 0.15) is 12.0 Å². The minimum atomic E-state index is 0. The molecule has 0 bridgehead atoms. The first-order valence-corrected chi connectivity index (χ1v) is 8.80. The van der Waals surface area contributed by atoms with Crippen LogP contribution in [-0.2, 0) is 11.3 Å². The first kappa shape index (κ1) is 23.6. The van der Waals surface area contributed by atoms with E-state index in [1.807, 2.05) is 0 Å². The summed E-state index contributed by atoms with van der Waals surface area (Å²) in [6.07, 6.45) is 1.01. The van der Waals surface area contributed by atoms with Crippen LogP contribution in [0.2, 0.25) is 0 Å². The molecule has 0 saturated carbocycles. The molecule has 1 fully saturated rings. The fraction of sp³-hybridized carbons (Fsp3) is 0.611. The van der Waals surface area contributed by atoms with Crippen LogP contribution in [0.3, 0.4) is 0 Å². The summed E-state index contributed by atoms with van der Waals surface area (Å²) in [7, 11) is 4.81. The van der Waals surface area contributed by atoms with Gasteiger partial charge in [-0.3, -0.25) is 4.90 Å². The zero-order valence-corrected chi connectivity index (χ0v) is 18.7. The molecule has 3 N–H and O–H groups in total. The van der Waals surface area contributed by atoms with Gasteiger partial charge in [0.1, 0.15) is 17.2 Å². The van der Waals surface area contributed by atoms with E-state index >= 15 is 0 Å². The number of aliphatic imine (C=N–C) groups is 1. The number of methoxy groups -OCH3 is 3. The third kappa shape index (κ3) is 7.59. The predicted molar refractivity (Wildman–Crippen MR) is 117 cm³/mol. The smallest absolute Gasteiger partial charge is 0.188 e. The lowest BCUT2D eigenvalue weighted by atomic mass is 10.1. The Morgan fingerprint density at radius 2 is 1.78 bits per heavy atom. The fourth-order valence-corrected chi connectivity index (χ4v) is 2.80. The molecule has 1 aromatic carbocycles. The van der Waals surface area contributed by atoms with Gasteiger partial charge in [0.25, 0.3) is 0 Å². The SMILES string of the molecule is COc1cc(OC)c(CN=C(N)NCCCN2CCOCC2)c(OC)c1.I. The lowest BCUT2D eigenvalue weighted by Gasteiger charge is -2.26. The Morgan fingerprint density at radius 1 is 1.15 bits per heavy atom. The molecule has 0 radical (unpaired) electrons. The van der Waals surface area contributed by atoms with Crippen LogP contribution in [0.4, 0.5) is 0 Å². The van der Waals surface area contributed by atoms with Crippen LogP contribution >= 0.6 is 24.0 Å². The molecule has 0 atom stereocenters. The van der Waals surface area contributed by atoms with Gasteiger partial charge < -0.3 is 30.0 Å². The zero-order valence-electron chi connectivity index (χ0n) is 16.3. The minimum Gasteiger partial charge on any atom is -0.496 e. The largest absolute Gasteiger partial charge is 0.496 e. The number of morpholine rings is 1. The van der Waals surface area contributed by atoms with Gasteiger partial charge in [-0.05, 0) is 13.0 Å². The second-order valence-corrected chi connectivity index (χ2v) is 5.95. The predicted octanol–water partition coefficient (Wildman–Crippen LogP) is 1.46. The van der Waals surface area contributed by atoms with Gasteiger partial charge in [0.05, 0.1) is 46.7 Å². The number of rotatable bonds is 9. The Morgan fingerprint density at radius 3 is 2.33 bits per heavy atom. The quantitative estimate of drug-likeness (QED) is 0.233. The molecule has 0 aromatic heterocycles. The molecule has 0 aliphatic carbocycles. The molecule has 154 valence electrons. The molecule has 2 rings (SSSR count). The van der Waals surface area contributed by atoms with Crippen molar-refractivity contribution in [1.29, 1.82) is 0 Å². The number of guanidine groups is 1. The van der Waals surface area contributed by atoms with Crippen LogP contribution in [0.5, 0.6) is 17.2 Å². The Kier molecular flexibility index (Phi) is 11.2. The van der Waals surface area contributed by atoms with E-state index in [4.69, 9.17) is 24.7 Å². The number of hydrogen-bond acceptors (Lipinski definition) is 6. The first-order chi connectivity index (χ1) is 12.7. The summed E-state index contributed by atoms with van der Waals surface area (Å²) in [6, 6.07) is 3.61. The van der Waals surface area contributed by atoms with E-state index in [1.54, 1.807) is 33.5 Å². The molecule has 1 heterocycles. The number of nitrogens with zero attached hydrogens (tertiary/aromatic N) is 2. The first-order valence-electron chi connectivity index (χ1n) is 8.80. The van der Waals surface area contributed by atoms with Crippen LogP contribution in [0.15, 0.2) is 17.1 Å². The Balaban J connectivity index is 0.00000364. The summed E-state index contributed by atoms with van der Waals surface area (Å²) in [5.74, 6) is 2.39. The summed E-state index contributed by atoms with van der Waals surface area (Å²) < 4.78 is 21.4. The van der Waals surface area contributed by atoms with Crippen molar-refractivity contribution < 1.29 is 18.9 Å². The van der Waals surface area contributed by atoms with E-state index in [9.17, 15) is 0 Å². The van der Waals surface area contributed by atoms with Crippen molar-refractivity contribution in [1.82, 2.24) is 10.2 Å². The van der Waals surface area contributed by atoms with Crippen molar-refractivity contribution in [3.63, 3.8) is 0 Å². The number of nitrogens with one attached hydrogen (secondary N) is 1. The zero-order chi connectivity index (χ0) is 18.8. The van der Waals surface area contributed by atoms with Crippen molar-refractivity contribution in [2.45, 2.75) is 13.0 Å². The highest BCUT2D eigenvalue weighted by molar-refractivity contribution is 14.0. The van der Waals surface area contributed by atoms with Crippen molar-refractivity contribution in [3.05, 3.63) is 17.7 Å². The van der Waals surface area contributed by atoms with E-state index in [2.05, 4.69) is 15.2 Å². The number of ether oxygens (including phenoxy) is 4. The molecule has 27 heavy (non-hydrogen) atoms. The highest BCUT2D eigenvalue weighted by atomic mass is 127. The fourth-order valence-electron chi connectivity index (χ4n) is 2.80. The molecular formula is C18H31IN4O4. The topological polar surface area (TPSA) is 90.6 Å². The van der Waals surface area contributed by atoms with E-state index in [-0.39, 0.29) is 24.0 Å². The van der Waals surface area contributed by atoms with Crippen molar-refractivity contribution >= 4 is 29.9 Å². The van der Waals surface area contributed by atoms with Crippen molar-refractivity contribution in [2.75, 3.05) is 60.7 Å². The van der Waals surface area contributed by atoms with Gasteiger partial charge in [0.2, 0.25) is 0 Å². The molecule has 8 nitrogen and oxygen atoms in total. The maximum atomic E-state index is 5.98. The minimum absolute atomic E-state index is 0. The van der Waals surface area contributed by atoms with Gasteiger partial charge in [0, 0.05) is 31.8 Å². The number of benzene rings is 1. The summed E-state index contributed by atoms with van der Waals surface area (Å²) >= 11 is 0. The summed E-state index contributed by atoms with van der Waals surface area (Å²) in [6.45, 7) is 5.82. The lowest BCUT2D eigenvalue weighted by molar-refractivity contribution is 0.0376. The number of hydrogen-bond donors (Lipinski definition) is 2. The Bertz CT molecular complexity index is 570.